The van der Waals surface area contributed by atoms with Crippen LogP contribution in [0, 0.1) is 38.6 Å². The minimum absolute atomic E-state index is 0. The van der Waals surface area contributed by atoms with E-state index in [0.29, 0.717) is 0 Å². The van der Waals surface area contributed by atoms with Crippen molar-refractivity contribution in [2.45, 2.75) is 65.5 Å². The van der Waals surface area contributed by atoms with E-state index in [1.54, 1.807) is 0 Å². The van der Waals surface area contributed by atoms with Gasteiger partial charge in [0.1, 0.15) is 5.60 Å². The smallest absolute Gasteiger partial charge is 0.102 e. The number of rotatable bonds is 5. The Balaban J connectivity index is 0. The minimum atomic E-state index is -0.668. The van der Waals surface area contributed by atoms with Crippen molar-refractivity contribution in [3.8, 4) is 0 Å². The molecule has 1 radical (unpaired) electrons. The predicted molar refractivity (Wildman–Crippen MR) is 58.4 cm³/mol. The monoisotopic (exact) mass is 344 g/mol. The molecule has 14 heavy (non-hydrogen) atoms. The van der Waals surface area contributed by atoms with Crippen molar-refractivity contribution >= 4 is 5.71 Å². The van der Waals surface area contributed by atoms with Gasteiger partial charge in [-0.15, -0.1) is 0 Å². The summed E-state index contributed by atoms with van der Waals surface area (Å²) in [6.45, 7) is 10.1. The molecule has 0 bridgehead atoms. The van der Waals surface area contributed by atoms with Gasteiger partial charge in [-0.25, -0.2) is 0 Å². The summed E-state index contributed by atoms with van der Waals surface area (Å²) >= 11 is 0. The van der Waals surface area contributed by atoms with Crippen LogP contribution in [0.15, 0.2) is 4.99 Å². The van der Waals surface area contributed by atoms with Gasteiger partial charge in [0.15, 0.2) is 0 Å². The topological polar surface area (TPSA) is 32.6 Å². The first kappa shape index (κ1) is 17.3. The number of aliphatic hydroxyl groups is 1. The zero-order chi connectivity index (χ0) is 10.5. The molecule has 0 aromatic rings. The zero-order valence-electron chi connectivity index (χ0n) is 9.93. The average Bonchev–Trinajstić information content (AvgIpc) is 2.03. The van der Waals surface area contributed by atoms with Crippen LogP contribution in [0.25, 0.3) is 0 Å². The zero-order valence-corrected chi connectivity index (χ0v) is 12.1. The maximum Gasteiger partial charge on any atom is 0.102 e. The van der Waals surface area contributed by atoms with E-state index >= 15 is 0 Å². The van der Waals surface area contributed by atoms with E-state index in [0.717, 1.165) is 25.0 Å². The fourth-order valence-electron chi connectivity index (χ4n) is 1.53. The third-order valence-corrected chi connectivity index (χ3v) is 2.37. The summed E-state index contributed by atoms with van der Waals surface area (Å²) in [5, 5.41) is 10.2. The van der Waals surface area contributed by atoms with E-state index in [-0.39, 0.29) is 44.7 Å². The second kappa shape index (κ2) is 8.11. The van der Waals surface area contributed by atoms with E-state index in [9.17, 15) is 5.11 Å². The second-order valence-electron chi connectivity index (χ2n) is 3.94. The summed E-state index contributed by atoms with van der Waals surface area (Å²) in [6.07, 6.45) is 2.56. The molecule has 0 amide bonds. The Morgan fingerprint density at radius 3 is 2.14 bits per heavy atom. The van der Waals surface area contributed by atoms with Crippen molar-refractivity contribution in [3.05, 3.63) is 0 Å². The number of hydrogen-bond acceptors (Lipinski definition) is 2. The van der Waals surface area contributed by atoms with Crippen LogP contribution in [0.3, 0.4) is 0 Å². The summed E-state index contributed by atoms with van der Waals surface area (Å²) in [5.74, 6) is 0. The van der Waals surface area contributed by atoms with E-state index in [1.807, 2.05) is 27.7 Å². The third-order valence-electron chi connectivity index (χ3n) is 2.37. The van der Waals surface area contributed by atoms with Crippen molar-refractivity contribution in [3.63, 3.8) is 0 Å². The van der Waals surface area contributed by atoms with Gasteiger partial charge in [-0.05, 0) is 33.6 Å². The first-order chi connectivity index (χ1) is 5.96. The molecular weight excluding hydrogens is 321 g/mol. The quantitative estimate of drug-likeness (QED) is 0.765. The maximum absolute atomic E-state index is 10.2. The molecule has 2 nitrogen and oxygen atoms in total. The molecule has 0 fully saturated rings. The van der Waals surface area contributed by atoms with Crippen molar-refractivity contribution in [1.82, 2.24) is 0 Å². The first-order valence-corrected chi connectivity index (χ1v) is 5.23. The molecule has 0 aromatic heterocycles. The Labute approximate surface area is 119 Å². The first-order valence-electron chi connectivity index (χ1n) is 5.23. The van der Waals surface area contributed by atoms with Gasteiger partial charge in [0.05, 0.1) is 0 Å². The SMILES string of the molecule is CCCC(O)(CC)C(C)=NC(C)C.[Tb]. The van der Waals surface area contributed by atoms with E-state index in [2.05, 4.69) is 11.9 Å². The van der Waals surface area contributed by atoms with Gasteiger partial charge in [-0.3, -0.25) is 4.99 Å². The molecule has 87 valence electrons. The largest absolute Gasteiger partial charge is 0.384 e. The van der Waals surface area contributed by atoms with Crippen molar-refractivity contribution in [2.24, 2.45) is 4.99 Å². The standard InChI is InChI=1S/C11H23NO.Tb/c1-6-8-11(13,7-2)10(5)12-9(3)4;/h9,13H,6-8H2,1-5H3;. The number of aliphatic imine (C=N–C) groups is 1. The van der Waals surface area contributed by atoms with Crippen LogP contribution >= 0.6 is 0 Å². The Kier molecular flexibility index (Phi) is 10.0. The molecule has 0 saturated heterocycles. The third kappa shape index (κ3) is 5.71. The Morgan fingerprint density at radius 2 is 1.86 bits per heavy atom. The fourth-order valence-corrected chi connectivity index (χ4v) is 1.53. The average molecular weight is 344 g/mol. The molecule has 0 rings (SSSR count). The Morgan fingerprint density at radius 1 is 1.36 bits per heavy atom. The molecule has 0 aromatic carbocycles. The number of hydrogen-bond donors (Lipinski definition) is 1. The summed E-state index contributed by atoms with van der Waals surface area (Å²) in [6, 6.07) is 0.273. The summed E-state index contributed by atoms with van der Waals surface area (Å²) < 4.78 is 0. The van der Waals surface area contributed by atoms with Crippen molar-refractivity contribution in [1.29, 1.82) is 0 Å². The number of nitrogens with zero attached hydrogens (tertiary/aromatic N) is 1. The minimum Gasteiger partial charge on any atom is -0.384 e. The fraction of sp³-hybridized carbons (Fsp3) is 0.909. The van der Waals surface area contributed by atoms with Gasteiger partial charge in [0.2, 0.25) is 0 Å². The normalized spacial score (nSPS) is 16.4. The van der Waals surface area contributed by atoms with Gasteiger partial charge in [-0.1, -0.05) is 20.3 Å². The van der Waals surface area contributed by atoms with Crippen LogP contribution in [0.1, 0.15) is 53.9 Å². The molecular formula is C11H23NOTb. The van der Waals surface area contributed by atoms with Gasteiger partial charge in [0, 0.05) is 50.4 Å². The van der Waals surface area contributed by atoms with Crippen LogP contribution in [-0.4, -0.2) is 22.5 Å². The van der Waals surface area contributed by atoms with Crippen LogP contribution in [0.5, 0.6) is 0 Å². The van der Waals surface area contributed by atoms with Gasteiger partial charge in [-0.2, -0.15) is 0 Å². The van der Waals surface area contributed by atoms with Crippen LogP contribution in [-0.2, 0) is 0 Å². The Bertz CT molecular complexity index is 180. The molecule has 0 aliphatic carbocycles. The summed E-state index contributed by atoms with van der Waals surface area (Å²) in [7, 11) is 0. The Hall–Kier alpha value is 0.916. The molecule has 0 spiro atoms. The van der Waals surface area contributed by atoms with E-state index in [1.165, 1.54) is 0 Å². The molecule has 1 N–H and O–H groups in total. The molecule has 1 atom stereocenters. The summed E-state index contributed by atoms with van der Waals surface area (Å²) in [4.78, 5) is 4.41. The maximum atomic E-state index is 10.2. The van der Waals surface area contributed by atoms with Crippen molar-refractivity contribution in [2.75, 3.05) is 0 Å². The van der Waals surface area contributed by atoms with Crippen LogP contribution < -0.4 is 0 Å². The molecule has 3 heteroatoms. The molecule has 0 heterocycles. The van der Waals surface area contributed by atoms with Gasteiger partial charge >= 0.3 is 0 Å². The molecule has 1 unspecified atom stereocenters. The molecule has 0 aliphatic heterocycles. The van der Waals surface area contributed by atoms with E-state index in [4.69, 9.17) is 0 Å². The van der Waals surface area contributed by atoms with Gasteiger partial charge < -0.3 is 5.11 Å². The van der Waals surface area contributed by atoms with Crippen LogP contribution in [0.4, 0.5) is 0 Å². The van der Waals surface area contributed by atoms with Crippen LogP contribution in [0.2, 0.25) is 0 Å². The summed E-state index contributed by atoms with van der Waals surface area (Å²) in [5.41, 5.74) is 0.214. The van der Waals surface area contributed by atoms with Crippen molar-refractivity contribution < 1.29 is 43.7 Å². The predicted octanol–water partition coefficient (Wildman–Crippen LogP) is 2.80. The second-order valence-corrected chi connectivity index (χ2v) is 3.94. The van der Waals surface area contributed by atoms with E-state index < -0.39 is 5.60 Å². The molecule has 0 aliphatic rings. The molecule has 0 saturated carbocycles. The van der Waals surface area contributed by atoms with Gasteiger partial charge in [0.25, 0.3) is 0 Å².